The summed E-state index contributed by atoms with van der Waals surface area (Å²) in [7, 11) is 0. The summed E-state index contributed by atoms with van der Waals surface area (Å²) < 4.78 is 10.5. The Labute approximate surface area is 137 Å². The summed E-state index contributed by atoms with van der Waals surface area (Å²) in [4.78, 5) is 26.2. The van der Waals surface area contributed by atoms with Crippen molar-refractivity contribution in [2.75, 3.05) is 13.1 Å². The Hall–Kier alpha value is -1.98. The number of hydrogen-bond acceptors (Lipinski definition) is 4. The van der Waals surface area contributed by atoms with Crippen LogP contribution in [-0.2, 0) is 4.74 Å². The van der Waals surface area contributed by atoms with Crippen LogP contribution in [0.5, 0.6) is 0 Å². The lowest BCUT2D eigenvalue weighted by Crippen LogP contribution is -2.55. The van der Waals surface area contributed by atoms with Gasteiger partial charge in [0.25, 0.3) is 5.91 Å². The maximum atomic E-state index is 12.5. The van der Waals surface area contributed by atoms with E-state index in [9.17, 15) is 9.59 Å². The predicted molar refractivity (Wildman–Crippen MR) is 86.4 cm³/mol. The maximum absolute atomic E-state index is 12.5. The Kier molecular flexibility index (Phi) is 4.73. The van der Waals surface area contributed by atoms with Gasteiger partial charge in [0.15, 0.2) is 0 Å². The first kappa shape index (κ1) is 17.4. The molecule has 1 fully saturated rings. The van der Waals surface area contributed by atoms with E-state index in [2.05, 4.69) is 5.32 Å². The zero-order valence-electron chi connectivity index (χ0n) is 14.6. The minimum absolute atomic E-state index is 0.0180. The van der Waals surface area contributed by atoms with Gasteiger partial charge in [-0.25, -0.2) is 4.79 Å². The molecule has 1 aliphatic heterocycles. The Balaban J connectivity index is 1.91. The first-order valence-corrected chi connectivity index (χ1v) is 7.94. The predicted octanol–water partition coefficient (Wildman–Crippen LogP) is 3.11. The van der Waals surface area contributed by atoms with Crippen LogP contribution in [0.2, 0.25) is 0 Å². The number of nitrogens with zero attached hydrogens (tertiary/aromatic N) is 1. The van der Waals surface area contributed by atoms with E-state index in [1.165, 1.54) is 6.26 Å². The summed E-state index contributed by atoms with van der Waals surface area (Å²) in [6, 6.07) is 1.70. The fourth-order valence-corrected chi connectivity index (χ4v) is 2.66. The third kappa shape index (κ3) is 4.50. The summed E-state index contributed by atoms with van der Waals surface area (Å²) >= 11 is 0. The topological polar surface area (TPSA) is 71.8 Å². The number of hydrogen-bond donors (Lipinski definition) is 1. The molecular formula is C17H26N2O4. The van der Waals surface area contributed by atoms with E-state index in [1.54, 1.807) is 17.9 Å². The molecule has 0 radical (unpaired) electrons. The molecule has 1 aromatic heterocycles. The lowest BCUT2D eigenvalue weighted by Gasteiger charge is -2.40. The molecule has 0 atom stereocenters. The molecule has 1 saturated heterocycles. The number of carbonyl (C=O) groups is 2. The minimum atomic E-state index is -0.518. The first-order chi connectivity index (χ1) is 10.6. The highest BCUT2D eigenvalue weighted by atomic mass is 16.6. The van der Waals surface area contributed by atoms with Crippen LogP contribution in [0.25, 0.3) is 0 Å². The largest absolute Gasteiger partial charge is 0.469 e. The first-order valence-electron chi connectivity index (χ1n) is 7.94. The van der Waals surface area contributed by atoms with Crippen LogP contribution in [0.3, 0.4) is 0 Å². The Morgan fingerprint density at radius 3 is 2.39 bits per heavy atom. The average molecular weight is 322 g/mol. The van der Waals surface area contributed by atoms with Gasteiger partial charge >= 0.3 is 6.09 Å². The number of piperidine rings is 1. The highest BCUT2D eigenvalue weighted by Crippen LogP contribution is 2.24. The number of amides is 2. The molecule has 1 aromatic rings. The number of rotatable bonds is 2. The normalized spacial score (nSPS) is 17.7. The molecule has 128 valence electrons. The van der Waals surface area contributed by atoms with Gasteiger partial charge in [0.05, 0.1) is 11.8 Å². The molecule has 2 rings (SSSR count). The molecule has 0 unspecified atom stereocenters. The highest BCUT2D eigenvalue weighted by Gasteiger charge is 2.35. The van der Waals surface area contributed by atoms with Crippen LogP contribution in [0.15, 0.2) is 16.7 Å². The fourth-order valence-electron chi connectivity index (χ4n) is 2.66. The molecule has 6 heteroatoms. The van der Waals surface area contributed by atoms with Gasteiger partial charge in [-0.1, -0.05) is 0 Å². The van der Waals surface area contributed by atoms with Gasteiger partial charge in [-0.15, -0.1) is 0 Å². The van der Waals surface area contributed by atoms with Gasteiger partial charge in [-0.05, 0) is 53.5 Å². The monoisotopic (exact) mass is 322 g/mol. The second-order valence-corrected chi connectivity index (χ2v) is 7.37. The van der Waals surface area contributed by atoms with Crippen molar-refractivity contribution in [2.24, 2.45) is 0 Å². The highest BCUT2D eigenvalue weighted by molar-refractivity contribution is 5.95. The number of ether oxygens (including phenoxy) is 1. The Morgan fingerprint density at radius 1 is 1.30 bits per heavy atom. The minimum Gasteiger partial charge on any atom is -0.469 e. The number of nitrogens with one attached hydrogen (secondary N) is 1. The van der Waals surface area contributed by atoms with Crippen molar-refractivity contribution >= 4 is 12.0 Å². The SMILES string of the molecule is Cc1occc1C(=O)N1CCC(C)(NC(=O)OC(C)(C)C)CC1. The molecule has 6 nitrogen and oxygen atoms in total. The van der Waals surface area contributed by atoms with Crippen LogP contribution in [-0.4, -0.2) is 41.1 Å². The van der Waals surface area contributed by atoms with Crippen molar-refractivity contribution in [3.63, 3.8) is 0 Å². The van der Waals surface area contributed by atoms with Crippen molar-refractivity contribution in [1.82, 2.24) is 10.2 Å². The standard InChI is InChI=1S/C17H26N2O4/c1-12-13(6-11-22-12)14(20)19-9-7-17(5,8-10-19)18-15(21)23-16(2,3)4/h6,11H,7-10H2,1-5H3,(H,18,21). The summed E-state index contributed by atoms with van der Waals surface area (Å²) in [5.74, 6) is 0.616. The lowest BCUT2D eigenvalue weighted by molar-refractivity contribution is 0.0396. The number of likely N-dealkylation sites (tertiary alicyclic amines) is 1. The van der Waals surface area contributed by atoms with Crippen molar-refractivity contribution in [3.8, 4) is 0 Å². The van der Waals surface area contributed by atoms with Gasteiger partial charge in [0, 0.05) is 18.6 Å². The van der Waals surface area contributed by atoms with Crippen LogP contribution in [0.1, 0.15) is 56.7 Å². The van der Waals surface area contributed by atoms with Crippen LogP contribution >= 0.6 is 0 Å². The smallest absolute Gasteiger partial charge is 0.408 e. The van der Waals surface area contributed by atoms with Gasteiger partial charge in [-0.3, -0.25) is 4.79 Å². The maximum Gasteiger partial charge on any atom is 0.408 e. The number of carbonyl (C=O) groups excluding carboxylic acids is 2. The quantitative estimate of drug-likeness (QED) is 0.908. The third-order valence-corrected chi connectivity index (χ3v) is 4.05. The molecule has 0 aromatic carbocycles. The van der Waals surface area contributed by atoms with Gasteiger partial charge < -0.3 is 19.4 Å². The zero-order valence-corrected chi connectivity index (χ0v) is 14.6. The number of alkyl carbamates (subject to hydrolysis) is 1. The lowest BCUT2D eigenvalue weighted by atomic mass is 9.89. The second kappa shape index (κ2) is 6.26. The zero-order chi connectivity index (χ0) is 17.3. The molecule has 0 aliphatic carbocycles. The molecular weight excluding hydrogens is 296 g/mol. The Morgan fingerprint density at radius 2 is 1.91 bits per heavy atom. The van der Waals surface area contributed by atoms with Gasteiger partial charge in [0.1, 0.15) is 11.4 Å². The number of aryl methyl sites for hydroxylation is 1. The van der Waals surface area contributed by atoms with E-state index in [1.807, 2.05) is 27.7 Å². The van der Waals surface area contributed by atoms with Crippen LogP contribution < -0.4 is 5.32 Å². The summed E-state index contributed by atoms with van der Waals surface area (Å²) in [5.41, 5.74) is -0.269. The van der Waals surface area contributed by atoms with Crippen LogP contribution in [0.4, 0.5) is 4.79 Å². The van der Waals surface area contributed by atoms with Crippen molar-refractivity contribution < 1.29 is 18.7 Å². The number of furan rings is 1. The summed E-state index contributed by atoms with van der Waals surface area (Å²) in [6.07, 6.45) is 2.50. The molecule has 23 heavy (non-hydrogen) atoms. The van der Waals surface area contributed by atoms with Crippen LogP contribution in [0, 0.1) is 6.92 Å². The van der Waals surface area contributed by atoms with Gasteiger partial charge in [0.2, 0.25) is 0 Å². The van der Waals surface area contributed by atoms with E-state index >= 15 is 0 Å². The molecule has 2 heterocycles. The Bertz CT molecular complexity index is 578. The van der Waals surface area contributed by atoms with Crippen molar-refractivity contribution in [1.29, 1.82) is 0 Å². The fraction of sp³-hybridized carbons (Fsp3) is 0.647. The third-order valence-electron chi connectivity index (χ3n) is 4.05. The molecule has 1 aliphatic rings. The van der Waals surface area contributed by atoms with E-state index in [4.69, 9.17) is 9.15 Å². The summed E-state index contributed by atoms with van der Waals surface area (Å²) in [5, 5.41) is 2.94. The molecule has 0 bridgehead atoms. The van der Waals surface area contributed by atoms with Crippen molar-refractivity contribution in [3.05, 3.63) is 23.7 Å². The summed E-state index contributed by atoms with van der Waals surface area (Å²) in [6.45, 7) is 10.5. The molecule has 0 saturated carbocycles. The average Bonchev–Trinajstić information content (AvgIpc) is 2.82. The molecule has 0 spiro atoms. The van der Waals surface area contributed by atoms with E-state index in [0.717, 1.165) is 0 Å². The van der Waals surface area contributed by atoms with Crippen molar-refractivity contribution in [2.45, 2.75) is 58.6 Å². The van der Waals surface area contributed by atoms with Gasteiger partial charge in [-0.2, -0.15) is 0 Å². The van der Waals surface area contributed by atoms with E-state index in [-0.39, 0.29) is 11.4 Å². The van der Waals surface area contributed by atoms with E-state index < -0.39 is 11.7 Å². The molecule has 2 amide bonds. The van der Waals surface area contributed by atoms with E-state index in [0.29, 0.717) is 37.3 Å². The second-order valence-electron chi connectivity index (χ2n) is 7.37. The molecule has 1 N–H and O–H groups in total.